The molecular formula is C14H14ClN5. The van der Waals surface area contributed by atoms with Crippen LogP contribution in [0.15, 0.2) is 36.7 Å². The Morgan fingerprint density at radius 1 is 1.30 bits per heavy atom. The van der Waals surface area contributed by atoms with Gasteiger partial charge in [-0.25, -0.2) is 4.98 Å². The van der Waals surface area contributed by atoms with Gasteiger partial charge >= 0.3 is 0 Å². The van der Waals surface area contributed by atoms with Gasteiger partial charge in [-0.1, -0.05) is 23.7 Å². The van der Waals surface area contributed by atoms with Gasteiger partial charge in [0.2, 0.25) is 0 Å². The van der Waals surface area contributed by atoms with Crippen molar-refractivity contribution in [1.82, 2.24) is 19.6 Å². The zero-order valence-corrected chi connectivity index (χ0v) is 12.0. The molecule has 0 bridgehead atoms. The van der Waals surface area contributed by atoms with Crippen molar-refractivity contribution >= 4 is 23.2 Å². The molecule has 0 atom stereocenters. The number of nitrogens with zero attached hydrogens (tertiary/aromatic N) is 5. The molecule has 0 unspecified atom stereocenters. The minimum atomic E-state index is 0.609. The van der Waals surface area contributed by atoms with E-state index in [1.54, 1.807) is 4.52 Å². The molecule has 2 aromatic heterocycles. The van der Waals surface area contributed by atoms with Gasteiger partial charge in [0.05, 0.1) is 0 Å². The topological polar surface area (TPSA) is 46.3 Å². The van der Waals surface area contributed by atoms with E-state index in [2.05, 4.69) is 26.0 Å². The molecule has 2 heterocycles. The number of aryl methyl sites for hydroxylation is 1. The minimum absolute atomic E-state index is 0.609. The van der Waals surface area contributed by atoms with Gasteiger partial charge in [0.25, 0.3) is 5.78 Å². The van der Waals surface area contributed by atoms with Crippen LogP contribution in [0.1, 0.15) is 11.3 Å². The average molecular weight is 288 g/mol. The molecule has 1 aromatic carbocycles. The van der Waals surface area contributed by atoms with Crippen LogP contribution in [0.2, 0.25) is 5.02 Å². The fraction of sp³-hybridized carbons (Fsp3) is 0.214. The molecule has 0 N–H and O–H groups in total. The number of rotatable bonds is 3. The van der Waals surface area contributed by atoms with Crippen molar-refractivity contribution in [3.8, 4) is 0 Å². The third-order valence-corrected chi connectivity index (χ3v) is 3.30. The van der Waals surface area contributed by atoms with E-state index in [1.807, 2.05) is 38.2 Å². The van der Waals surface area contributed by atoms with Crippen molar-refractivity contribution in [3.05, 3.63) is 52.9 Å². The maximum Gasteiger partial charge on any atom is 0.254 e. The number of hydrogen-bond acceptors (Lipinski definition) is 4. The minimum Gasteiger partial charge on any atom is -0.355 e. The number of aromatic nitrogens is 4. The molecule has 0 saturated heterocycles. The Hall–Kier alpha value is -2.14. The predicted molar refractivity (Wildman–Crippen MR) is 79.1 cm³/mol. The molecule has 5 nitrogen and oxygen atoms in total. The monoisotopic (exact) mass is 287 g/mol. The molecule has 20 heavy (non-hydrogen) atoms. The summed E-state index contributed by atoms with van der Waals surface area (Å²) in [6, 6.07) is 9.83. The SMILES string of the molecule is Cc1cc(N(C)Cc2cccc(Cl)c2)n2ncnc2n1. The second-order valence-electron chi connectivity index (χ2n) is 4.71. The fourth-order valence-corrected chi connectivity index (χ4v) is 2.39. The number of benzene rings is 1. The van der Waals surface area contributed by atoms with Crippen molar-refractivity contribution in [2.24, 2.45) is 0 Å². The van der Waals surface area contributed by atoms with Crippen LogP contribution < -0.4 is 4.90 Å². The summed E-state index contributed by atoms with van der Waals surface area (Å²) in [5.41, 5.74) is 2.06. The normalized spacial score (nSPS) is 10.9. The van der Waals surface area contributed by atoms with Crippen molar-refractivity contribution in [2.45, 2.75) is 13.5 Å². The Balaban J connectivity index is 1.96. The molecule has 6 heteroatoms. The number of hydrogen-bond donors (Lipinski definition) is 0. The third kappa shape index (κ3) is 2.44. The summed E-state index contributed by atoms with van der Waals surface area (Å²) in [5.74, 6) is 1.56. The van der Waals surface area contributed by atoms with E-state index in [0.717, 1.165) is 28.6 Å². The summed E-state index contributed by atoms with van der Waals surface area (Å²) in [6.45, 7) is 2.68. The van der Waals surface area contributed by atoms with E-state index in [-0.39, 0.29) is 0 Å². The second kappa shape index (κ2) is 5.09. The molecule has 3 aromatic rings. The first-order valence-electron chi connectivity index (χ1n) is 6.26. The molecule has 0 spiro atoms. The lowest BCUT2D eigenvalue weighted by atomic mass is 10.2. The fourth-order valence-electron chi connectivity index (χ4n) is 2.17. The van der Waals surface area contributed by atoms with Gasteiger partial charge in [0.1, 0.15) is 12.1 Å². The Morgan fingerprint density at radius 2 is 2.15 bits per heavy atom. The Bertz CT molecular complexity index is 752. The molecule has 0 saturated carbocycles. The molecule has 0 amide bonds. The highest BCUT2D eigenvalue weighted by Gasteiger charge is 2.10. The van der Waals surface area contributed by atoms with Crippen LogP contribution in [0.25, 0.3) is 5.78 Å². The molecule has 0 aliphatic carbocycles. The third-order valence-electron chi connectivity index (χ3n) is 3.06. The Kier molecular flexibility index (Phi) is 3.28. The first-order valence-corrected chi connectivity index (χ1v) is 6.64. The highest BCUT2D eigenvalue weighted by molar-refractivity contribution is 6.30. The standard InChI is InChI=1S/C14H14ClN5/c1-10-6-13(20-14(18-10)16-9-17-20)19(2)8-11-4-3-5-12(15)7-11/h3-7,9H,8H2,1-2H3. The quantitative estimate of drug-likeness (QED) is 0.743. The van der Waals surface area contributed by atoms with E-state index < -0.39 is 0 Å². The maximum atomic E-state index is 6.02. The summed E-state index contributed by atoms with van der Waals surface area (Å²) in [5, 5.41) is 4.96. The Labute approximate surface area is 121 Å². The van der Waals surface area contributed by atoms with E-state index in [4.69, 9.17) is 11.6 Å². The van der Waals surface area contributed by atoms with Crippen molar-refractivity contribution < 1.29 is 0 Å². The Morgan fingerprint density at radius 3 is 2.95 bits per heavy atom. The number of anilines is 1. The largest absolute Gasteiger partial charge is 0.355 e. The van der Waals surface area contributed by atoms with Gasteiger partial charge < -0.3 is 4.90 Å². The van der Waals surface area contributed by atoms with Crippen LogP contribution in [0.3, 0.4) is 0 Å². The molecule has 102 valence electrons. The summed E-state index contributed by atoms with van der Waals surface area (Å²) in [4.78, 5) is 10.6. The zero-order valence-electron chi connectivity index (χ0n) is 11.3. The van der Waals surface area contributed by atoms with Crippen LogP contribution in [-0.4, -0.2) is 26.6 Å². The van der Waals surface area contributed by atoms with Crippen molar-refractivity contribution in [3.63, 3.8) is 0 Å². The lowest BCUT2D eigenvalue weighted by molar-refractivity contribution is 0.827. The van der Waals surface area contributed by atoms with Crippen molar-refractivity contribution in [1.29, 1.82) is 0 Å². The molecular weight excluding hydrogens is 274 g/mol. The highest BCUT2D eigenvalue weighted by Crippen LogP contribution is 2.18. The van der Waals surface area contributed by atoms with E-state index in [9.17, 15) is 0 Å². The van der Waals surface area contributed by atoms with Crippen LogP contribution in [0.4, 0.5) is 5.82 Å². The molecule has 3 rings (SSSR count). The van der Waals surface area contributed by atoms with Crippen LogP contribution in [0, 0.1) is 6.92 Å². The summed E-state index contributed by atoms with van der Waals surface area (Å²) >= 11 is 6.02. The van der Waals surface area contributed by atoms with Crippen LogP contribution in [-0.2, 0) is 6.54 Å². The molecule has 0 radical (unpaired) electrons. The number of fused-ring (bicyclic) bond motifs is 1. The average Bonchev–Trinajstić information content (AvgIpc) is 2.85. The lowest BCUT2D eigenvalue weighted by Gasteiger charge is -2.20. The summed E-state index contributed by atoms with van der Waals surface area (Å²) < 4.78 is 1.73. The van der Waals surface area contributed by atoms with Crippen molar-refractivity contribution in [2.75, 3.05) is 11.9 Å². The smallest absolute Gasteiger partial charge is 0.254 e. The summed E-state index contributed by atoms with van der Waals surface area (Å²) in [7, 11) is 2.01. The van der Waals surface area contributed by atoms with Gasteiger partial charge in [0.15, 0.2) is 0 Å². The highest BCUT2D eigenvalue weighted by atomic mass is 35.5. The maximum absolute atomic E-state index is 6.02. The second-order valence-corrected chi connectivity index (χ2v) is 5.15. The summed E-state index contributed by atoms with van der Waals surface area (Å²) in [6.07, 6.45) is 1.51. The van der Waals surface area contributed by atoms with E-state index in [1.165, 1.54) is 6.33 Å². The van der Waals surface area contributed by atoms with E-state index >= 15 is 0 Å². The van der Waals surface area contributed by atoms with Crippen LogP contribution >= 0.6 is 11.6 Å². The predicted octanol–water partition coefficient (Wildman–Crippen LogP) is 2.72. The molecule has 0 fully saturated rings. The molecule has 0 aliphatic rings. The van der Waals surface area contributed by atoms with Gasteiger partial charge in [-0.05, 0) is 24.6 Å². The van der Waals surface area contributed by atoms with E-state index in [0.29, 0.717) is 5.78 Å². The van der Waals surface area contributed by atoms with Gasteiger partial charge in [-0.2, -0.15) is 14.6 Å². The van der Waals surface area contributed by atoms with Crippen LogP contribution in [0.5, 0.6) is 0 Å². The lowest BCUT2D eigenvalue weighted by Crippen LogP contribution is -2.20. The zero-order chi connectivity index (χ0) is 14.1. The van der Waals surface area contributed by atoms with Gasteiger partial charge in [-0.15, -0.1) is 0 Å². The number of halogens is 1. The molecule has 0 aliphatic heterocycles. The first-order chi connectivity index (χ1) is 9.63. The van der Waals surface area contributed by atoms with Gasteiger partial charge in [0, 0.05) is 30.4 Å². The first kappa shape index (κ1) is 12.9. The van der Waals surface area contributed by atoms with Gasteiger partial charge in [-0.3, -0.25) is 0 Å².